The van der Waals surface area contributed by atoms with Crippen molar-refractivity contribution in [3.05, 3.63) is 71.5 Å². The van der Waals surface area contributed by atoms with E-state index >= 15 is 0 Å². The van der Waals surface area contributed by atoms with Gasteiger partial charge in [-0.15, -0.1) is 0 Å². The Morgan fingerprint density at radius 3 is 2.26 bits per heavy atom. The standard InChI is InChI=1S/C19H16ClN5O2/c1-12(26)22-13-6-8-14(9-7-13)23-18(27)17-10-11-21-19(25-17)24-16-5-3-2-4-15(16)20/h2-11H,1H3,(H,22,26)(H,23,27)(H,21,24,25). The number of halogens is 1. The minimum Gasteiger partial charge on any atom is -0.326 e. The molecule has 8 heteroatoms. The minimum atomic E-state index is -0.383. The summed E-state index contributed by atoms with van der Waals surface area (Å²) in [4.78, 5) is 31.8. The molecule has 2 amide bonds. The van der Waals surface area contributed by atoms with Crippen LogP contribution in [0.2, 0.25) is 5.02 Å². The van der Waals surface area contributed by atoms with Gasteiger partial charge < -0.3 is 16.0 Å². The monoisotopic (exact) mass is 381 g/mol. The van der Waals surface area contributed by atoms with E-state index in [-0.39, 0.29) is 23.5 Å². The third kappa shape index (κ3) is 5.02. The zero-order valence-electron chi connectivity index (χ0n) is 14.4. The van der Waals surface area contributed by atoms with Crippen LogP contribution in [-0.2, 0) is 4.79 Å². The van der Waals surface area contributed by atoms with E-state index < -0.39 is 0 Å². The Morgan fingerprint density at radius 2 is 1.59 bits per heavy atom. The second kappa shape index (κ2) is 8.29. The predicted molar refractivity (Wildman–Crippen MR) is 105 cm³/mol. The van der Waals surface area contributed by atoms with Gasteiger partial charge in [0.2, 0.25) is 11.9 Å². The number of carbonyl (C=O) groups excluding carboxylic acids is 2. The highest BCUT2D eigenvalue weighted by Gasteiger charge is 2.10. The number of carbonyl (C=O) groups is 2. The van der Waals surface area contributed by atoms with Crippen LogP contribution in [0.1, 0.15) is 17.4 Å². The van der Waals surface area contributed by atoms with Gasteiger partial charge in [0.25, 0.3) is 5.91 Å². The number of nitrogens with zero attached hydrogens (tertiary/aromatic N) is 2. The van der Waals surface area contributed by atoms with Crippen LogP contribution in [0.4, 0.5) is 23.0 Å². The van der Waals surface area contributed by atoms with E-state index in [0.29, 0.717) is 22.1 Å². The van der Waals surface area contributed by atoms with Gasteiger partial charge in [0.15, 0.2) is 0 Å². The summed E-state index contributed by atoms with van der Waals surface area (Å²) >= 11 is 6.10. The molecule has 2 aromatic carbocycles. The summed E-state index contributed by atoms with van der Waals surface area (Å²) in [5.41, 5.74) is 2.07. The Labute approximate surface area is 160 Å². The second-order valence-electron chi connectivity index (χ2n) is 5.58. The number of rotatable bonds is 5. The number of anilines is 4. The molecule has 0 saturated heterocycles. The normalized spacial score (nSPS) is 10.1. The first kappa shape index (κ1) is 18.3. The third-order valence-corrected chi connectivity index (χ3v) is 3.80. The predicted octanol–water partition coefficient (Wildman–Crippen LogP) is 4.08. The summed E-state index contributed by atoms with van der Waals surface area (Å²) in [6, 6.07) is 15.5. The van der Waals surface area contributed by atoms with Crippen molar-refractivity contribution in [2.45, 2.75) is 6.92 Å². The van der Waals surface area contributed by atoms with E-state index in [4.69, 9.17) is 11.6 Å². The maximum absolute atomic E-state index is 12.4. The van der Waals surface area contributed by atoms with Crippen molar-refractivity contribution in [2.75, 3.05) is 16.0 Å². The topological polar surface area (TPSA) is 96.0 Å². The zero-order chi connectivity index (χ0) is 19.2. The first-order chi connectivity index (χ1) is 13.0. The molecule has 0 aliphatic rings. The Kier molecular flexibility index (Phi) is 5.63. The molecule has 7 nitrogen and oxygen atoms in total. The first-order valence-corrected chi connectivity index (χ1v) is 8.42. The Bertz CT molecular complexity index is 976. The maximum atomic E-state index is 12.4. The molecular weight excluding hydrogens is 366 g/mol. The van der Waals surface area contributed by atoms with Gasteiger partial charge in [-0.1, -0.05) is 23.7 Å². The summed E-state index contributed by atoms with van der Waals surface area (Å²) < 4.78 is 0. The highest BCUT2D eigenvalue weighted by atomic mass is 35.5. The molecule has 136 valence electrons. The average Bonchev–Trinajstić information content (AvgIpc) is 2.65. The lowest BCUT2D eigenvalue weighted by Crippen LogP contribution is -2.15. The van der Waals surface area contributed by atoms with Crippen molar-refractivity contribution in [2.24, 2.45) is 0 Å². The van der Waals surface area contributed by atoms with Gasteiger partial charge in [0.1, 0.15) is 5.69 Å². The van der Waals surface area contributed by atoms with Crippen molar-refractivity contribution < 1.29 is 9.59 Å². The highest BCUT2D eigenvalue weighted by molar-refractivity contribution is 6.33. The quantitative estimate of drug-likeness (QED) is 0.618. The van der Waals surface area contributed by atoms with Crippen LogP contribution in [0.5, 0.6) is 0 Å². The van der Waals surface area contributed by atoms with Crippen molar-refractivity contribution in [1.82, 2.24) is 9.97 Å². The van der Waals surface area contributed by atoms with Crippen LogP contribution in [0.25, 0.3) is 0 Å². The molecule has 0 spiro atoms. The van der Waals surface area contributed by atoms with E-state index in [1.165, 1.54) is 19.2 Å². The largest absolute Gasteiger partial charge is 0.326 e. The van der Waals surface area contributed by atoms with E-state index in [9.17, 15) is 9.59 Å². The molecule has 0 aliphatic heterocycles. The maximum Gasteiger partial charge on any atom is 0.274 e. The minimum absolute atomic E-state index is 0.161. The molecule has 0 saturated carbocycles. The number of hydrogen-bond donors (Lipinski definition) is 3. The fourth-order valence-corrected chi connectivity index (χ4v) is 2.45. The zero-order valence-corrected chi connectivity index (χ0v) is 15.1. The Morgan fingerprint density at radius 1 is 0.926 bits per heavy atom. The van der Waals surface area contributed by atoms with Gasteiger partial charge in [-0.3, -0.25) is 9.59 Å². The van der Waals surface area contributed by atoms with Crippen LogP contribution in [0.15, 0.2) is 60.8 Å². The fraction of sp³-hybridized carbons (Fsp3) is 0.0526. The van der Waals surface area contributed by atoms with Crippen LogP contribution >= 0.6 is 11.6 Å². The lowest BCUT2D eigenvalue weighted by atomic mass is 10.2. The average molecular weight is 382 g/mol. The lowest BCUT2D eigenvalue weighted by molar-refractivity contribution is -0.114. The van der Waals surface area contributed by atoms with Gasteiger partial charge in [-0.05, 0) is 42.5 Å². The van der Waals surface area contributed by atoms with Gasteiger partial charge in [0.05, 0.1) is 10.7 Å². The summed E-state index contributed by atoms with van der Waals surface area (Å²) in [6.45, 7) is 1.43. The molecule has 3 N–H and O–H groups in total. The number of aromatic nitrogens is 2. The van der Waals surface area contributed by atoms with Gasteiger partial charge in [-0.2, -0.15) is 0 Å². The molecule has 1 aromatic heterocycles. The van der Waals surface area contributed by atoms with Gasteiger partial charge in [-0.25, -0.2) is 9.97 Å². The van der Waals surface area contributed by atoms with Gasteiger partial charge in [0, 0.05) is 24.5 Å². The van der Waals surface area contributed by atoms with E-state index in [0.717, 1.165) is 0 Å². The second-order valence-corrected chi connectivity index (χ2v) is 5.99. The molecule has 27 heavy (non-hydrogen) atoms. The summed E-state index contributed by atoms with van der Waals surface area (Å²) in [7, 11) is 0. The molecule has 0 aliphatic carbocycles. The molecule has 0 fully saturated rings. The summed E-state index contributed by atoms with van der Waals surface area (Å²) in [5.74, 6) is -0.282. The number of nitrogens with one attached hydrogen (secondary N) is 3. The molecule has 0 unspecified atom stereocenters. The van der Waals surface area contributed by atoms with Crippen molar-refractivity contribution >= 4 is 46.4 Å². The SMILES string of the molecule is CC(=O)Nc1ccc(NC(=O)c2ccnc(Nc3ccccc3Cl)n2)cc1. The smallest absolute Gasteiger partial charge is 0.274 e. The van der Waals surface area contributed by atoms with Gasteiger partial charge >= 0.3 is 0 Å². The van der Waals surface area contributed by atoms with E-state index in [2.05, 4.69) is 25.9 Å². The summed E-state index contributed by atoms with van der Waals surface area (Å²) in [5, 5.41) is 8.91. The van der Waals surface area contributed by atoms with Crippen molar-refractivity contribution in [1.29, 1.82) is 0 Å². The molecular formula is C19H16ClN5O2. The van der Waals surface area contributed by atoms with E-state index in [1.54, 1.807) is 36.4 Å². The molecule has 0 radical (unpaired) electrons. The Balaban J connectivity index is 1.70. The van der Waals surface area contributed by atoms with Crippen molar-refractivity contribution in [3.63, 3.8) is 0 Å². The molecule has 0 bridgehead atoms. The number of benzene rings is 2. The summed E-state index contributed by atoms with van der Waals surface area (Å²) in [6.07, 6.45) is 1.49. The Hall–Kier alpha value is -3.45. The van der Waals surface area contributed by atoms with Crippen LogP contribution < -0.4 is 16.0 Å². The molecule has 3 rings (SSSR count). The van der Waals surface area contributed by atoms with E-state index in [1.807, 2.05) is 12.1 Å². The van der Waals surface area contributed by atoms with Crippen LogP contribution in [0, 0.1) is 0 Å². The van der Waals surface area contributed by atoms with Crippen molar-refractivity contribution in [3.8, 4) is 0 Å². The number of para-hydroxylation sites is 1. The molecule has 3 aromatic rings. The van der Waals surface area contributed by atoms with Crippen LogP contribution in [-0.4, -0.2) is 21.8 Å². The number of hydrogen-bond acceptors (Lipinski definition) is 5. The van der Waals surface area contributed by atoms with Crippen LogP contribution in [0.3, 0.4) is 0 Å². The fourth-order valence-electron chi connectivity index (χ4n) is 2.26. The number of amides is 2. The molecule has 1 heterocycles. The first-order valence-electron chi connectivity index (χ1n) is 8.05. The third-order valence-electron chi connectivity index (χ3n) is 3.47. The molecule has 0 atom stereocenters. The highest BCUT2D eigenvalue weighted by Crippen LogP contribution is 2.23. The lowest BCUT2D eigenvalue weighted by Gasteiger charge is -2.09.